The van der Waals surface area contributed by atoms with E-state index in [1.807, 2.05) is 24.0 Å². The van der Waals surface area contributed by atoms with Crippen molar-refractivity contribution in [3.8, 4) is 0 Å². The first kappa shape index (κ1) is 11.1. The van der Waals surface area contributed by atoms with Gasteiger partial charge in [0, 0.05) is 19.2 Å². The monoisotopic (exact) mass is 195 g/mol. The maximum Gasteiger partial charge on any atom is 0.124 e. The van der Waals surface area contributed by atoms with Crippen molar-refractivity contribution >= 4 is 5.82 Å². The molecular formula is C11H21N3. The Morgan fingerprint density at radius 3 is 2.79 bits per heavy atom. The Bertz CT molecular complexity index is 255. The van der Waals surface area contributed by atoms with Gasteiger partial charge in [0.1, 0.15) is 5.82 Å². The highest BCUT2D eigenvalue weighted by atomic mass is 15.3. The molecule has 0 radical (unpaired) electrons. The van der Waals surface area contributed by atoms with E-state index < -0.39 is 0 Å². The van der Waals surface area contributed by atoms with Crippen molar-refractivity contribution in [1.82, 2.24) is 9.78 Å². The Hall–Kier alpha value is -0.990. The molecule has 0 aliphatic heterocycles. The van der Waals surface area contributed by atoms with Crippen molar-refractivity contribution in [3.63, 3.8) is 0 Å². The molecule has 0 saturated carbocycles. The quantitative estimate of drug-likeness (QED) is 0.756. The summed E-state index contributed by atoms with van der Waals surface area (Å²) in [6.45, 7) is 4.46. The number of unbranched alkanes of at least 4 members (excludes halogenated alkanes) is 1. The minimum Gasteiger partial charge on any atom is -0.368 e. The number of nitrogens with zero attached hydrogens (tertiary/aromatic N) is 2. The Balaban J connectivity index is 2.44. The van der Waals surface area contributed by atoms with E-state index in [1.54, 1.807) is 0 Å². The lowest BCUT2D eigenvalue weighted by Gasteiger charge is -2.17. The molecule has 1 atom stereocenters. The van der Waals surface area contributed by atoms with Crippen molar-refractivity contribution in [3.05, 3.63) is 12.3 Å². The number of nitrogens with one attached hydrogen (secondary N) is 1. The molecule has 3 heteroatoms. The van der Waals surface area contributed by atoms with Gasteiger partial charge >= 0.3 is 0 Å². The van der Waals surface area contributed by atoms with Crippen LogP contribution in [0.5, 0.6) is 0 Å². The van der Waals surface area contributed by atoms with Gasteiger partial charge in [-0.05, 0) is 12.8 Å². The first-order valence-corrected chi connectivity index (χ1v) is 5.52. The molecule has 1 aromatic heterocycles. The van der Waals surface area contributed by atoms with Crippen molar-refractivity contribution in [1.29, 1.82) is 0 Å². The third-order valence-electron chi connectivity index (χ3n) is 2.57. The van der Waals surface area contributed by atoms with Gasteiger partial charge in [-0.25, -0.2) is 0 Å². The molecule has 0 saturated heterocycles. The molecule has 0 amide bonds. The van der Waals surface area contributed by atoms with Crippen molar-refractivity contribution in [2.75, 3.05) is 5.32 Å². The van der Waals surface area contributed by atoms with E-state index in [0.717, 1.165) is 5.82 Å². The second kappa shape index (κ2) is 5.68. The number of anilines is 1. The van der Waals surface area contributed by atoms with Gasteiger partial charge in [-0.2, -0.15) is 5.10 Å². The van der Waals surface area contributed by atoms with Crippen LogP contribution in [0.2, 0.25) is 0 Å². The average Bonchev–Trinajstić information content (AvgIpc) is 2.59. The Morgan fingerprint density at radius 1 is 1.50 bits per heavy atom. The highest BCUT2D eigenvalue weighted by Crippen LogP contribution is 2.12. The van der Waals surface area contributed by atoms with Crippen molar-refractivity contribution in [2.45, 2.75) is 45.6 Å². The molecule has 0 aliphatic rings. The van der Waals surface area contributed by atoms with E-state index in [4.69, 9.17) is 0 Å². The second-order valence-corrected chi connectivity index (χ2v) is 3.73. The lowest BCUT2D eigenvalue weighted by Crippen LogP contribution is -2.20. The minimum atomic E-state index is 0.588. The summed E-state index contributed by atoms with van der Waals surface area (Å²) >= 11 is 0. The molecule has 1 unspecified atom stereocenters. The molecule has 1 N–H and O–H groups in total. The van der Waals surface area contributed by atoms with E-state index >= 15 is 0 Å². The van der Waals surface area contributed by atoms with Crippen LogP contribution < -0.4 is 5.32 Å². The standard InChI is InChI=1S/C11H21N3/c1-4-6-7-10(5-2)13-11-8-9-12-14(11)3/h8-10,13H,4-7H2,1-3H3. The number of hydrogen-bond donors (Lipinski definition) is 1. The molecular weight excluding hydrogens is 174 g/mol. The predicted octanol–water partition coefficient (Wildman–Crippen LogP) is 2.80. The van der Waals surface area contributed by atoms with E-state index in [2.05, 4.69) is 24.3 Å². The molecule has 0 fully saturated rings. The Kier molecular flexibility index (Phi) is 4.50. The fraction of sp³-hybridized carbons (Fsp3) is 0.727. The summed E-state index contributed by atoms with van der Waals surface area (Å²) in [6, 6.07) is 2.61. The molecule has 14 heavy (non-hydrogen) atoms. The number of rotatable bonds is 6. The van der Waals surface area contributed by atoms with Gasteiger partial charge in [-0.15, -0.1) is 0 Å². The summed E-state index contributed by atoms with van der Waals surface area (Å²) in [7, 11) is 1.97. The van der Waals surface area contributed by atoms with Crippen LogP contribution in [-0.2, 0) is 7.05 Å². The normalized spacial score (nSPS) is 12.8. The number of aryl methyl sites for hydroxylation is 1. The summed E-state index contributed by atoms with van der Waals surface area (Å²) in [4.78, 5) is 0. The molecule has 0 spiro atoms. The Labute approximate surface area is 86.5 Å². The number of aromatic nitrogens is 2. The zero-order chi connectivity index (χ0) is 10.4. The van der Waals surface area contributed by atoms with Gasteiger partial charge in [0.25, 0.3) is 0 Å². The van der Waals surface area contributed by atoms with Crippen LogP contribution >= 0.6 is 0 Å². The SMILES string of the molecule is CCCCC(CC)Nc1ccnn1C. The topological polar surface area (TPSA) is 29.9 Å². The molecule has 0 aromatic carbocycles. The van der Waals surface area contributed by atoms with Gasteiger partial charge in [0.15, 0.2) is 0 Å². The van der Waals surface area contributed by atoms with E-state index in [0.29, 0.717) is 6.04 Å². The summed E-state index contributed by atoms with van der Waals surface area (Å²) in [5.74, 6) is 1.12. The Morgan fingerprint density at radius 2 is 2.29 bits per heavy atom. The fourth-order valence-electron chi connectivity index (χ4n) is 1.55. The smallest absolute Gasteiger partial charge is 0.124 e. The third-order valence-corrected chi connectivity index (χ3v) is 2.57. The van der Waals surface area contributed by atoms with E-state index in [9.17, 15) is 0 Å². The summed E-state index contributed by atoms with van der Waals surface area (Å²) < 4.78 is 1.88. The molecule has 80 valence electrons. The second-order valence-electron chi connectivity index (χ2n) is 3.73. The highest BCUT2D eigenvalue weighted by molar-refractivity contribution is 5.34. The highest BCUT2D eigenvalue weighted by Gasteiger charge is 2.06. The molecule has 3 nitrogen and oxygen atoms in total. The van der Waals surface area contributed by atoms with Gasteiger partial charge in [-0.1, -0.05) is 26.7 Å². The van der Waals surface area contributed by atoms with Gasteiger partial charge < -0.3 is 5.32 Å². The van der Waals surface area contributed by atoms with Crippen LogP contribution in [0.25, 0.3) is 0 Å². The van der Waals surface area contributed by atoms with Crippen LogP contribution in [0.1, 0.15) is 39.5 Å². The van der Waals surface area contributed by atoms with Crippen LogP contribution in [0.4, 0.5) is 5.82 Å². The molecule has 0 aliphatic carbocycles. The molecule has 1 rings (SSSR count). The van der Waals surface area contributed by atoms with Crippen LogP contribution in [0.3, 0.4) is 0 Å². The first-order valence-electron chi connectivity index (χ1n) is 5.52. The molecule has 1 aromatic rings. The molecule has 0 bridgehead atoms. The third kappa shape index (κ3) is 3.05. The van der Waals surface area contributed by atoms with Crippen LogP contribution in [-0.4, -0.2) is 15.8 Å². The predicted molar refractivity (Wildman–Crippen MR) is 60.4 cm³/mol. The van der Waals surface area contributed by atoms with Crippen LogP contribution in [0, 0.1) is 0 Å². The summed E-state index contributed by atoms with van der Waals surface area (Å²) in [6.07, 6.45) is 6.81. The summed E-state index contributed by atoms with van der Waals surface area (Å²) in [5, 5.41) is 7.65. The van der Waals surface area contributed by atoms with Crippen molar-refractivity contribution in [2.24, 2.45) is 7.05 Å². The fourth-order valence-corrected chi connectivity index (χ4v) is 1.55. The zero-order valence-electron chi connectivity index (χ0n) is 9.45. The first-order chi connectivity index (χ1) is 6.77. The lowest BCUT2D eigenvalue weighted by molar-refractivity contribution is 0.586. The maximum atomic E-state index is 4.14. The summed E-state index contributed by atoms with van der Waals surface area (Å²) in [5.41, 5.74) is 0. The lowest BCUT2D eigenvalue weighted by atomic mass is 10.1. The number of hydrogen-bond acceptors (Lipinski definition) is 2. The zero-order valence-corrected chi connectivity index (χ0v) is 9.45. The van der Waals surface area contributed by atoms with Crippen LogP contribution in [0.15, 0.2) is 12.3 Å². The van der Waals surface area contributed by atoms with Gasteiger partial charge in [0.2, 0.25) is 0 Å². The largest absolute Gasteiger partial charge is 0.368 e. The maximum absolute atomic E-state index is 4.14. The van der Waals surface area contributed by atoms with Gasteiger partial charge in [0.05, 0.1) is 6.20 Å². The van der Waals surface area contributed by atoms with E-state index in [-0.39, 0.29) is 0 Å². The minimum absolute atomic E-state index is 0.588. The van der Waals surface area contributed by atoms with E-state index in [1.165, 1.54) is 25.7 Å². The molecule has 1 heterocycles. The van der Waals surface area contributed by atoms with Gasteiger partial charge in [-0.3, -0.25) is 4.68 Å². The average molecular weight is 195 g/mol. The van der Waals surface area contributed by atoms with Crippen molar-refractivity contribution < 1.29 is 0 Å².